The maximum Gasteiger partial charge on any atom is 0.134 e. The highest BCUT2D eigenvalue weighted by Crippen LogP contribution is 2.33. The molecule has 1 aliphatic carbocycles. The number of hydrogen-bond donors (Lipinski definition) is 1. The van der Waals surface area contributed by atoms with Gasteiger partial charge in [-0.3, -0.25) is 0 Å². The summed E-state index contributed by atoms with van der Waals surface area (Å²) in [6, 6.07) is 10.8. The van der Waals surface area contributed by atoms with E-state index in [-0.39, 0.29) is 0 Å². The van der Waals surface area contributed by atoms with Crippen LogP contribution in [0.15, 0.2) is 34.7 Å². The summed E-state index contributed by atoms with van der Waals surface area (Å²) in [5.74, 6) is 1.95. The fourth-order valence-electron chi connectivity index (χ4n) is 3.48. The highest BCUT2D eigenvalue weighted by Gasteiger charge is 2.21. The minimum atomic E-state index is 0.352. The maximum absolute atomic E-state index is 6.03. The molecule has 2 aromatic rings. The van der Waals surface area contributed by atoms with Gasteiger partial charge in [0.2, 0.25) is 0 Å². The van der Waals surface area contributed by atoms with E-state index in [0.29, 0.717) is 6.04 Å². The predicted octanol–water partition coefficient (Wildman–Crippen LogP) is 5.05. The Bertz CT molecular complexity index is 504. The zero-order valence-corrected chi connectivity index (χ0v) is 12.4. The number of hydrogen-bond acceptors (Lipinski definition) is 2. The zero-order valence-electron chi connectivity index (χ0n) is 12.4. The van der Waals surface area contributed by atoms with Crippen molar-refractivity contribution in [2.75, 3.05) is 7.05 Å². The Morgan fingerprint density at radius 3 is 2.60 bits per heavy atom. The Balaban J connectivity index is 1.74. The molecule has 1 atom stereocenters. The molecule has 1 aromatic heterocycles. The molecule has 2 heteroatoms. The number of furan rings is 1. The van der Waals surface area contributed by atoms with Gasteiger partial charge in [-0.1, -0.05) is 56.7 Å². The first kappa shape index (κ1) is 13.7. The molecule has 0 bridgehead atoms. The minimum Gasteiger partial charge on any atom is -0.459 e. The number of rotatable bonds is 4. The average Bonchev–Trinajstić information content (AvgIpc) is 2.74. The summed E-state index contributed by atoms with van der Waals surface area (Å²) in [6.45, 7) is 0. The van der Waals surface area contributed by atoms with Crippen LogP contribution in [0.4, 0.5) is 0 Å². The van der Waals surface area contributed by atoms with E-state index in [9.17, 15) is 0 Å². The topological polar surface area (TPSA) is 25.2 Å². The Morgan fingerprint density at radius 2 is 1.90 bits per heavy atom. The lowest BCUT2D eigenvalue weighted by Gasteiger charge is -2.20. The van der Waals surface area contributed by atoms with Gasteiger partial charge >= 0.3 is 0 Å². The molecule has 1 unspecified atom stereocenters. The van der Waals surface area contributed by atoms with Gasteiger partial charge in [0.1, 0.15) is 11.3 Å². The van der Waals surface area contributed by atoms with Gasteiger partial charge in [0.25, 0.3) is 0 Å². The number of nitrogens with one attached hydrogen (secondary N) is 1. The van der Waals surface area contributed by atoms with Gasteiger partial charge < -0.3 is 9.73 Å². The fraction of sp³-hybridized carbons (Fsp3) is 0.556. The molecule has 1 fully saturated rings. The van der Waals surface area contributed by atoms with Crippen molar-refractivity contribution in [2.24, 2.45) is 5.92 Å². The van der Waals surface area contributed by atoms with Crippen LogP contribution in [0.25, 0.3) is 11.0 Å². The van der Waals surface area contributed by atoms with Crippen LogP contribution in [0.5, 0.6) is 0 Å². The molecule has 1 N–H and O–H groups in total. The van der Waals surface area contributed by atoms with E-state index in [1.807, 2.05) is 6.07 Å². The number of benzene rings is 1. The minimum absolute atomic E-state index is 0.352. The number of para-hydroxylation sites is 1. The summed E-state index contributed by atoms with van der Waals surface area (Å²) >= 11 is 0. The first-order valence-corrected chi connectivity index (χ1v) is 8.02. The molecule has 3 rings (SSSR count). The van der Waals surface area contributed by atoms with Crippen molar-refractivity contribution in [3.05, 3.63) is 36.1 Å². The van der Waals surface area contributed by atoms with Crippen LogP contribution >= 0.6 is 0 Å². The lowest BCUT2D eigenvalue weighted by Crippen LogP contribution is -2.19. The van der Waals surface area contributed by atoms with Crippen molar-refractivity contribution in [1.82, 2.24) is 5.32 Å². The van der Waals surface area contributed by atoms with E-state index in [2.05, 4.69) is 36.6 Å². The molecule has 108 valence electrons. The highest BCUT2D eigenvalue weighted by molar-refractivity contribution is 5.77. The summed E-state index contributed by atoms with van der Waals surface area (Å²) in [4.78, 5) is 0. The lowest BCUT2D eigenvalue weighted by atomic mass is 9.91. The van der Waals surface area contributed by atoms with Gasteiger partial charge in [-0.2, -0.15) is 0 Å². The molecular weight excluding hydrogens is 246 g/mol. The summed E-state index contributed by atoms with van der Waals surface area (Å²) in [6.07, 6.45) is 9.63. The Labute approximate surface area is 121 Å². The van der Waals surface area contributed by atoms with Crippen molar-refractivity contribution in [3.8, 4) is 0 Å². The summed E-state index contributed by atoms with van der Waals surface area (Å²) in [7, 11) is 2.05. The summed E-state index contributed by atoms with van der Waals surface area (Å²) in [5, 5.41) is 4.66. The van der Waals surface area contributed by atoms with Gasteiger partial charge in [-0.25, -0.2) is 0 Å². The van der Waals surface area contributed by atoms with Crippen LogP contribution < -0.4 is 5.32 Å². The van der Waals surface area contributed by atoms with Crippen LogP contribution in [0.3, 0.4) is 0 Å². The molecule has 0 spiro atoms. The van der Waals surface area contributed by atoms with Gasteiger partial charge in [0.05, 0.1) is 6.04 Å². The fourth-order valence-corrected chi connectivity index (χ4v) is 3.48. The third-order valence-corrected chi connectivity index (χ3v) is 4.68. The molecule has 1 heterocycles. The quantitative estimate of drug-likeness (QED) is 0.787. The van der Waals surface area contributed by atoms with Crippen LogP contribution in [0, 0.1) is 5.92 Å². The monoisotopic (exact) mass is 271 g/mol. The largest absolute Gasteiger partial charge is 0.459 e. The van der Waals surface area contributed by atoms with Gasteiger partial charge in [0, 0.05) is 5.39 Å². The molecule has 0 radical (unpaired) electrons. The van der Waals surface area contributed by atoms with Crippen LogP contribution in [0.2, 0.25) is 0 Å². The van der Waals surface area contributed by atoms with E-state index in [4.69, 9.17) is 4.42 Å². The van der Waals surface area contributed by atoms with E-state index in [1.165, 1.54) is 50.3 Å². The normalized spacial score (nSPS) is 19.1. The molecule has 1 aromatic carbocycles. The first-order valence-electron chi connectivity index (χ1n) is 8.02. The molecule has 0 saturated heterocycles. The smallest absolute Gasteiger partial charge is 0.134 e. The Kier molecular flexibility index (Phi) is 4.41. The molecule has 20 heavy (non-hydrogen) atoms. The SMILES string of the molecule is CNC(CC1CCCCCC1)c1cc2ccccc2o1. The molecule has 1 saturated carbocycles. The van der Waals surface area contributed by atoms with E-state index in [1.54, 1.807) is 0 Å². The maximum atomic E-state index is 6.03. The zero-order chi connectivity index (χ0) is 13.8. The lowest BCUT2D eigenvalue weighted by molar-refractivity contribution is 0.336. The molecule has 0 aliphatic heterocycles. The van der Waals surface area contributed by atoms with E-state index >= 15 is 0 Å². The third-order valence-electron chi connectivity index (χ3n) is 4.68. The van der Waals surface area contributed by atoms with Gasteiger partial charge in [0.15, 0.2) is 0 Å². The van der Waals surface area contributed by atoms with Crippen LogP contribution in [-0.2, 0) is 0 Å². The van der Waals surface area contributed by atoms with Crippen molar-refractivity contribution in [1.29, 1.82) is 0 Å². The Morgan fingerprint density at radius 1 is 1.15 bits per heavy atom. The first-order chi connectivity index (χ1) is 9.86. The van der Waals surface area contributed by atoms with Crippen molar-refractivity contribution in [2.45, 2.75) is 51.0 Å². The van der Waals surface area contributed by atoms with Gasteiger partial charge in [-0.05, 0) is 31.5 Å². The Hall–Kier alpha value is -1.28. The highest BCUT2D eigenvalue weighted by atomic mass is 16.3. The van der Waals surface area contributed by atoms with Crippen molar-refractivity contribution >= 4 is 11.0 Å². The second-order valence-electron chi connectivity index (χ2n) is 6.12. The number of fused-ring (bicyclic) bond motifs is 1. The van der Waals surface area contributed by atoms with Crippen molar-refractivity contribution in [3.63, 3.8) is 0 Å². The second kappa shape index (κ2) is 6.45. The standard InChI is InChI=1S/C18H25NO/c1-19-16(12-14-8-4-2-3-5-9-14)18-13-15-10-6-7-11-17(15)20-18/h6-7,10-11,13-14,16,19H,2-5,8-9,12H2,1H3. The van der Waals surface area contributed by atoms with Crippen LogP contribution in [0.1, 0.15) is 56.7 Å². The molecule has 1 aliphatic rings. The van der Waals surface area contributed by atoms with Crippen LogP contribution in [-0.4, -0.2) is 7.05 Å². The van der Waals surface area contributed by atoms with Crippen molar-refractivity contribution < 1.29 is 4.42 Å². The second-order valence-corrected chi connectivity index (χ2v) is 6.12. The van der Waals surface area contributed by atoms with E-state index < -0.39 is 0 Å². The van der Waals surface area contributed by atoms with E-state index in [0.717, 1.165) is 17.3 Å². The molecule has 0 amide bonds. The molecule has 2 nitrogen and oxygen atoms in total. The molecular formula is C18H25NO. The van der Waals surface area contributed by atoms with Gasteiger partial charge in [-0.15, -0.1) is 0 Å². The summed E-state index contributed by atoms with van der Waals surface area (Å²) in [5.41, 5.74) is 1.00. The predicted molar refractivity (Wildman–Crippen MR) is 83.8 cm³/mol. The third kappa shape index (κ3) is 3.06. The average molecular weight is 271 g/mol. The summed E-state index contributed by atoms with van der Waals surface area (Å²) < 4.78 is 6.03.